The quantitative estimate of drug-likeness (QED) is 0.499. The molecule has 0 saturated heterocycles. The van der Waals surface area contributed by atoms with Crippen LogP contribution in [0.3, 0.4) is 0 Å². The molecule has 0 aliphatic carbocycles. The van der Waals surface area contributed by atoms with Crippen molar-refractivity contribution in [1.29, 1.82) is 0 Å². The van der Waals surface area contributed by atoms with Crippen LogP contribution in [0.5, 0.6) is 0 Å². The van der Waals surface area contributed by atoms with Crippen molar-refractivity contribution in [1.82, 2.24) is 9.55 Å². The lowest BCUT2D eigenvalue weighted by Gasteiger charge is -2.06. The van der Waals surface area contributed by atoms with Gasteiger partial charge in [0.15, 0.2) is 0 Å². The van der Waals surface area contributed by atoms with E-state index in [1.54, 1.807) is 6.07 Å². The standard InChI is InChI=1S/C21H15FN2/c22-17-8-6-7-16(15-17)13-14-21-23-19-11-4-5-12-20(19)24(21)18-9-2-1-3-10-18/h1-15H/b14-13+. The Labute approximate surface area is 139 Å². The van der Waals surface area contributed by atoms with Crippen LogP contribution in [-0.2, 0) is 0 Å². The summed E-state index contributed by atoms with van der Waals surface area (Å²) in [6, 6.07) is 24.6. The molecule has 116 valence electrons. The fourth-order valence-corrected chi connectivity index (χ4v) is 2.79. The highest BCUT2D eigenvalue weighted by Gasteiger charge is 2.09. The van der Waals surface area contributed by atoms with Crippen LogP contribution in [0.1, 0.15) is 11.4 Å². The number of benzene rings is 3. The fraction of sp³-hybridized carbons (Fsp3) is 0. The molecule has 0 bridgehead atoms. The van der Waals surface area contributed by atoms with Gasteiger partial charge in [-0.3, -0.25) is 4.57 Å². The molecular formula is C21H15FN2. The number of halogens is 1. The highest BCUT2D eigenvalue weighted by Crippen LogP contribution is 2.22. The van der Waals surface area contributed by atoms with Crippen LogP contribution in [0, 0.1) is 5.82 Å². The molecule has 1 heterocycles. The minimum absolute atomic E-state index is 0.242. The molecule has 0 unspecified atom stereocenters. The zero-order chi connectivity index (χ0) is 16.4. The second-order valence-electron chi connectivity index (χ2n) is 5.52. The molecule has 0 aliphatic heterocycles. The summed E-state index contributed by atoms with van der Waals surface area (Å²) in [5.74, 6) is 0.570. The maximum absolute atomic E-state index is 13.3. The maximum atomic E-state index is 13.3. The van der Waals surface area contributed by atoms with Crippen LogP contribution >= 0.6 is 0 Å². The second kappa shape index (κ2) is 6.13. The van der Waals surface area contributed by atoms with E-state index < -0.39 is 0 Å². The number of fused-ring (bicyclic) bond motifs is 1. The normalized spacial score (nSPS) is 11.4. The summed E-state index contributed by atoms with van der Waals surface area (Å²) in [6.45, 7) is 0. The van der Waals surface area contributed by atoms with Crippen LogP contribution < -0.4 is 0 Å². The molecule has 0 aliphatic rings. The maximum Gasteiger partial charge on any atom is 0.138 e. The Balaban J connectivity index is 1.86. The van der Waals surface area contributed by atoms with Gasteiger partial charge >= 0.3 is 0 Å². The first kappa shape index (κ1) is 14.4. The van der Waals surface area contributed by atoms with Crippen molar-refractivity contribution in [2.45, 2.75) is 0 Å². The van der Waals surface area contributed by atoms with E-state index in [0.717, 1.165) is 28.1 Å². The first-order valence-corrected chi connectivity index (χ1v) is 7.78. The Hall–Kier alpha value is -3.20. The Morgan fingerprint density at radius 1 is 0.792 bits per heavy atom. The highest BCUT2D eigenvalue weighted by atomic mass is 19.1. The predicted octanol–water partition coefficient (Wildman–Crippen LogP) is 5.34. The number of hydrogen-bond acceptors (Lipinski definition) is 1. The SMILES string of the molecule is Fc1cccc(/C=C/c2nc3ccccc3n2-c2ccccc2)c1. The first-order chi connectivity index (χ1) is 11.8. The largest absolute Gasteiger partial charge is 0.293 e. The van der Waals surface area contributed by atoms with Crippen molar-refractivity contribution in [3.63, 3.8) is 0 Å². The summed E-state index contributed by atoms with van der Waals surface area (Å²) < 4.78 is 15.5. The van der Waals surface area contributed by atoms with E-state index in [1.165, 1.54) is 12.1 Å². The lowest BCUT2D eigenvalue weighted by atomic mass is 10.2. The third-order valence-electron chi connectivity index (χ3n) is 3.87. The molecule has 24 heavy (non-hydrogen) atoms. The molecule has 0 N–H and O–H groups in total. The average molecular weight is 314 g/mol. The van der Waals surface area contributed by atoms with Gasteiger partial charge in [0.05, 0.1) is 11.0 Å². The van der Waals surface area contributed by atoms with Gasteiger partial charge in [-0.15, -0.1) is 0 Å². The van der Waals surface area contributed by atoms with Crippen molar-refractivity contribution < 1.29 is 4.39 Å². The van der Waals surface area contributed by atoms with Crippen LogP contribution in [0.4, 0.5) is 4.39 Å². The zero-order valence-corrected chi connectivity index (χ0v) is 12.9. The molecule has 4 rings (SSSR count). The van der Waals surface area contributed by atoms with Gasteiger partial charge in [-0.25, -0.2) is 9.37 Å². The predicted molar refractivity (Wildman–Crippen MR) is 96.4 cm³/mol. The molecule has 0 fully saturated rings. The van der Waals surface area contributed by atoms with Crippen LogP contribution in [0.25, 0.3) is 28.9 Å². The van der Waals surface area contributed by atoms with Gasteiger partial charge in [-0.1, -0.05) is 48.5 Å². The molecule has 0 atom stereocenters. The number of para-hydroxylation sites is 3. The topological polar surface area (TPSA) is 17.8 Å². The lowest BCUT2D eigenvalue weighted by Crippen LogP contribution is -1.96. The average Bonchev–Trinajstić information content (AvgIpc) is 2.99. The number of imidazole rings is 1. The molecule has 3 heteroatoms. The van der Waals surface area contributed by atoms with E-state index in [4.69, 9.17) is 4.98 Å². The Morgan fingerprint density at radius 2 is 1.58 bits per heavy atom. The van der Waals surface area contributed by atoms with Gasteiger partial charge in [-0.2, -0.15) is 0 Å². The number of aromatic nitrogens is 2. The summed E-state index contributed by atoms with van der Waals surface area (Å²) in [7, 11) is 0. The third-order valence-corrected chi connectivity index (χ3v) is 3.87. The smallest absolute Gasteiger partial charge is 0.138 e. The monoisotopic (exact) mass is 314 g/mol. The van der Waals surface area contributed by atoms with Crippen LogP contribution in [0.2, 0.25) is 0 Å². The van der Waals surface area contributed by atoms with Crippen molar-refractivity contribution in [3.8, 4) is 5.69 Å². The van der Waals surface area contributed by atoms with E-state index in [0.29, 0.717) is 0 Å². The summed E-state index contributed by atoms with van der Waals surface area (Å²) in [6.07, 6.45) is 3.80. The van der Waals surface area contributed by atoms with Gasteiger partial charge < -0.3 is 0 Å². The van der Waals surface area contributed by atoms with Crippen molar-refractivity contribution in [2.75, 3.05) is 0 Å². The Bertz CT molecular complexity index is 1020. The van der Waals surface area contributed by atoms with Crippen LogP contribution in [0.15, 0.2) is 78.9 Å². The van der Waals surface area contributed by atoms with Gasteiger partial charge in [0.1, 0.15) is 11.6 Å². The van der Waals surface area contributed by atoms with Crippen molar-refractivity contribution >= 4 is 23.2 Å². The minimum Gasteiger partial charge on any atom is -0.293 e. The molecule has 2 nitrogen and oxygen atoms in total. The lowest BCUT2D eigenvalue weighted by molar-refractivity contribution is 0.627. The van der Waals surface area contributed by atoms with E-state index in [-0.39, 0.29) is 5.82 Å². The zero-order valence-electron chi connectivity index (χ0n) is 12.9. The molecule has 1 aromatic heterocycles. The van der Waals surface area contributed by atoms with Crippen molar-refractivity contribution in [3.05, 3.63) is 96.1 Å². The third kappa shape index (κ3) is 2.72. The van der Waals surface area contributed by atoms with Gasteiger partial charge in [0, 0.05) is 5.69 Å². The van der Waals surface area contributed by atoms with Gasteiger partial charge in [0.2, 0.25) is 0 Å². The minimum atomic E-state index is -0.242. The van der Waals surface area contributed by atoms with Crippen molar-refractivity contribution in [2.24, 2.45) is 0 Å². The van der Waals surface area contributed by atoms with E-state index in [1.807, 2.05) is 66.7 Å². The number of hydrogen-bond donors (Lipinski definition) is 0. The fourth-order valence-electron chi connectivity index (χ4n) is 2.79. The Morgan fingerprint density at radius 3 is 2.42 bits per heavy atom. The first-order valence-electron chi connectivity index (χ1n) is 7.78. The molecule has 3 aromatic carbocycles. The molecule has 0 amide bonds. The summed E-state index contributed by atoms with van der Waals surface area (Å²) in [4.78, 5) is 4.71. The van der Waals surface area contributed by atoms with Gasteiger partial charge in [-0.05, 0) is 48.0 Å². The Kier molecular flexibility index (Phi) is 3.67. The molecular weight excluding hydrogens is 299 g/mol. The van der Waals surface area contributed by atoms with E-state index >= 15 is 0 Å². The number of rotatable bonds is 3. The highest BCUT2D eigenvalue weighted by molar-refractivity contribution is 5.82. The summed E-state index contributed by atoms with van der Waals surface area (Å²) in [5, 5.41) is 0. The van der Waals surface area contributed by atoms with E-state index in [9.17, 15) is 4.39 Å². The summed E-state index contributed by atoms with van der Waals surface area (Å²) >= 11 is 0. The molecule has 4 aromatic rings. The van der Waals surface area contributed by atoms with Crippen LogP contribution in [-0.4, -0.2) is 9.55 Å². The van der Waals surface area contributed by atoms with Gasteiger partial charge in [0.25, 0.3) is 0 Å². The van der Waals surface area contributed by atoms with E-state index in [2.05, 4.69) is 10.6 Å². The second-order valence-corrected chi connectivity index (χ2v) is 5.52. The molecule has 0 saturated carbocycles. The summed E-state index contributed by atoms with van der Waals surface area (Å²) in [5.41, 5.74) is 3.83. The number of nitrogens with zero attached hydrogens (tertiary/aromatic N) is 2. The molecule has 0 radical (unpaired) electrons. The molecule has 0 spiro atoms.